The standard InChI is InChI=1S/C18H18N4O3S/c1-25-14-5-2-4-12(10-14)19-16(23)11-21-18(24)22(13-7-8-13)17(20-21)15-6-3-9-26-15/h2-6,9-10,13H,7-8,11H2,1H3,(H,19,23). The number of methoxy groups -OCH3 is 1. The predicted molar refractivity (Wildman–Crippen MR) is 99.7 cm³/mol. The molecule has 1 amide bonds. The molecule has 7 nitrogen and oxygen atoms in total. The number of benzene rings is 1. The quantitative estimate of drug-likeness (QED) is 0.724. The lowest BCUT2D eigenvalue weighted by atomic mass is 10.3. The van der Waals surface area contributed by atoms with Crippen molar-refractivity contribution >= 4 is 22.9 Å². The molecule has 0 unspecified atom stereocenters. The fraction of sp³-hybridized carbons (Fsp3) is 0.278. The maximum atomic E-state index is 12.7. The normalized spacial score (nSPS) is 13.6. The number of amides is 1. The molecule has 1 N–H and O–H groups in total. The first-order valence-corrected chi connectivity index (χ1v) is 9.21. The van der Waals surface area contributed by atoms with E-state index in [0.717, 1.165) is 17.7 Å². The van der Waals surface area contributed by atoms with Gasteiger partial charge < -0.3 is 10.1 Å². The number of anilines is 1. The molecule has 0 bridgehead atoms. The number of thiophene rings is 1. The second kappa shape index (κ2) is 6.80. The summed E-state index contributed by atoms with van der Waals surface area (Å²) >= 11 is 1.53. The number of rotatable bonds is 6. The van der Waals surface area contributed by atoms with Crippen molar-refractivity contribution < 1.29 is 9.53 Å². The molecule has 0 saturated heterocycles. The van der Waals surface area contributed by atoms with Crippen molar-refractivity contribution in [3.8, 4) is 16.5 Å². The molecule has 0 radical (unpaired) electrons. The summed E-state index contributed by atoms with van der Waals surface area (Å²) in [6.45, 7) is -0.131. The summed E-state index contributed by atoms with van der Waals surface area (Å²) < 4.78 is 8.10. The van der Waals surface area contributed by atoms with Gasteiger partial charge in [0.25, 0.3) is 0 Å². The monoisotopic (exact) mass is 370 g/mol. The maximum absolute atomic E-state index is 12.7. The van der Waals surface area contributed by atoms with Crippen molar-refractivity contribution in [1.82, 2.24) is 14.3 Å². The molecule has 0 aliphatic heterocycles. The van der Waals surface area contributed by atoms with Gasteiger partial charge in [-0.15, -0.1) is 16.4 Å². The van der Waals surface area contributed by atoms with Gasteiger partial charge in [0.1, 0.15) is 12.3 Å². The molecule has 1 saturated carbocycles. The highest BCUT2D eigenvalue weighted by molar-refractivity contribution is 7.13. The van der Waals surface area contributed by atoms with Gasteiger partial charge in [0.05, 0.1) is 12.0 Å². The van der Waals surface area contributed by atoms with Crippen molar-refractivity contribution in [1.29, 1.82) is 0 Å². The molecular formula is C18H18N4O3S. The summed E-state index contributed by atoms with van der Waals surface area (Å²) in [5.74, 6) is 0.984. The third-order valence-corrected chi connectivity index (χ3v) is 5.04. The van der Waals surface area contributed by atoms with E-state index in [9.17, 15) is 9.59 Å². The Labute approximate surface area is 153 Å². The molecule has 2 aromatic heterocycles. The van der Waals surface area contributed by atoms with Crippen molar-refractivity contribution in [2.45, 2.75) is 25.4 Å². The number of nitrogens with one attached hydrogen (secondary N) is 1. The van der Waals surface area contributed by atoms with Crippen LogP contribution >= 0.6 is 11.3 Å². The van der Waals surface area contributed by atoms with E-state index in [2.05, 4.69) is 10.4 Å². The van der Waals surface area contributed by atoms with Gasteiger partial charge in [0.15, 0.2) is 5.82 Å². The van der Waals surface area contributed by atoms with Gasteiger partial charge in [-0.05, 0) is 36.4 Å². The average molecular weight is 370 g/mol. The SMILES string of the molecule is COc1cccc(NC(=O)Cn2nc(-c3cccs3)n(C3CC3)c2=O)c1. The lowest BCUT2D eigenvalue weighted by molar-refractivity contribution is -0.117. The summed E-state index contributed by atoms with van der Waals surface area (Å²) in [6, 6.07) is 11.1. The Bertz CT molecular complexity index is 986. The largest absolute Gasteiger partial charge is 0.497 e. The fourth-order valence-corrected chi connectivity index (χ4v) is 3.50. The van der Waals surface area contributed by atoms with Gasteiger partial charge in [-0.3, -0.25) is 9.36 Å². The van der Waals surface area contributed by atoms with Crippen molar-refractivity contribution in [3.63, 3.8) is 0 Å². The van der Waals surface area contributed by atoms with Gasteiger partial charge in [0.2, 0.25) is 5.91 Å². The van der Waals surface area contributed by atoms with E-state index in [0.29, 0.717) is 17.3 Å². The van der Waals surface area contributed by atoms with Crippen LogP contribution in [-0.4, -0.2) is 27.4 Å². The third-order valence-electron chi connectivity index (χ3n) is 4.17. The first-order valence-electron chi connectivity index (χ1n) is 8.33. The number of nitrogens with zero attached hydrogens (tertiary/aromatic N) is 3. The van der Waals surface area contributed by atoms with Crippen molar-refractivity contribution in [2.24, 2.45) is 0 Å². The Morgan fingerprint density at radius 3 is 2.88 bits per heavy atom. The highest BCUT2D eigenvalue weighted by atomic mass is 32.1. The number of aromatic nitrogens is 3. The van der Waals surface area contributed by atoms with E-state index >= 15 is 0 Å². The highest BCUT2D eigenvalue weighted by Crippen LogP contribution is 2.37. The van der Waals surface area contributed by atoms with Crippen LogP contribution in [0.4, 0.5) is 5.69 Å². The van der Waals surface area contributed by atoms with Crippen LogP contribution in [0.1, 0.15) is 18.9 Å². The first-order chi connectivity index (χ1) is 12.7. The van der Waals surface area contributed by atoms with Crippen LogP contribution in [-0.2, 0) is 11.3 Å². The van der Waals surface area contributed by atoms with Crippen LogP contribution in [0.25, 0.3) is 10.7 Å². The van der Waals surface area contributed by atoms with E-state index < -0.39 is 0 Å². The van der Waals surface area contributed by atoms with Crippen LogP contribution in [0.3, 0.4) is 0 Å². The average Bonchev–Trinajstić information content (AvgIpc) is 3.22. The number of carbonyl (C=O) groups is 1. The van der Waals surface area contributed by atoms with E-state index in [1.54, 1.807) is 35.9 Å². The third kappa shape index (κ3) is 3.28. The van der Waals surface area contributed by atoms with E-state index in [1.165, 1.54) is 16.0 Å². The zero-order chi connectivity index (χ0) is 18.1. The molecular weight excluding hydrogens is 352 g/mol. The van der Waals surface area contributed by atoms with Crippen LogP contribution in [0.15, 0.2) is 46.6 Å². The Hall–Kier alpha value is -2.87. The topological polar surface area (TPSA) is 78.2 Å². The molecule has 0 spiro atoms. The van der Waals surface area contributed by atoms with Gasteiger partial charge in [-0.2, -0.15) is 0 Å². The fourth-order valence-electron chi connectivity index (χ4n) is 2.80. The van der Waals surface area contributed by atoms with Gasteiger partial charge in [-0.1, -0.05) is 12.1 Å². The molecule has 1 aliphatic rings. The lowest BCUT2D eigenvalue weighted by Gasteiger charge is -2.06. The van der Waals surface area contributed by atoms with Crippen LogP contribution < -0.4 is 15.7 Å². The summed E-state index contributed by atoms with van der Waals surface area (Å²) in [4.78, 5) is 26.0. The summed E-state index contributed by atoms with van der Waals surface area (Å²) in [5, 5.41) is 9.15. The molecule has 1 aromatic carbocycles. The van der Waals surface area contributed by atoms with Crippen molar-refractivity contribution in [3.05, 3.63) is 52.3 Å². The predicted octanol–water partition coefficient (Wildman–Crippen LogP) is 2.76. The highest BCUT2D eigenvalue weighted by Gasteiger charge is 2.31. The molecule has 4 rings (SSSR count). The van der Waals surface area contributed by atoms with Crippen molar-refractivity contribution in [2.75, 3.05) is 12.4 Å². The second-order valence-electron chi connectivity index (χ2n) is 6.12. The van der Waals surface area contributed by atoms with E-state index in [1.807, 2.05) is 17.5 Å². The van der Waals surface area contributed by atoms with E-state index in [4.69, 9.17) is 4.74 Å². The minimum atomic E-state index is -0.307. The van der Waals surface area contributed by atoms with Crippen LogP contribution in [0.2, 0.25) is 0 Å². The first kappa shape index (κ1) is 16.6. The number of carbonyl (C=O) groups excluding carboxylic acids is 1. The minimum absolute atomic E-state index is 0.131. The molecule has 134 valence electrons. The molecule has 3 aromatic rings. The Balaban J connectivity index is 1.57. The Morgan fingerprint density at radius 1 is 1.35 bits per heavy atom. The van der Waals surface area contributed by atoms with Crippen LogP contribution in [0.5, 0.6) is 5.75 Å². The molecule has 0 atom stereocenters. The van der Waals surface area contributed by atoms with Gasteiger partial charge in [-0.25, -0.2) is 9.48 Å². The summed E-state index contributed by atoms with van der Waals surface area (Å²) in [5.41, 5.74) is 0.374. The molecule has 2 heterocycles. The number of hydrogen-bond donors (Lipinski definition) is 1. The molecule has 1 fully saturated rings. The van der Waals surface area contributed by atoms with Gasteiger partial charge >= 0.3 is 5.69 Å². The molecule has 26 heavy (non-hydrogen) atoms. The molecule has 8 heteroatoms. The second-order valence-corrected chi connectivity index (χ2v) is 7.07. The zero-order valence-electron chi connectivity index (χ0n) is 14.2. The Morgan fingerprint density at radius 2 is 2.19 bits per heavy atom. The Kier molecular flexibility index (Phi) is 4.34. The van der Waals surface area contributed by atoms with E-state index in [-0.39, 0.29) is 24.2 Å². The summed E-state index contributed by atoms with van der Waals surface area (Å²) in [6.07, 6.45) is 1.94. The smallest absolute Gasteiger partial charge is 0.346 e. The van der Waals surface area contributed by atoms with Gasteiger partial charge in [0, 0.05) is 17.8 Å². The maximum Gasteiger partial charge on any atom is 0.346 e. The lowest BCUT2D eigenvalue weighted by Crippen LogP contribution is -2.30. The zero-order valence-corrected chi connectivity index (χ0v) is 15.0. The summed E-state index contributed by atoms with van der Waals surface area (Å²) in [7, 11) is 1.57. The molecule has 1 aliphatic carbocycles. The number of hydrogen-bond acceptors (Lipinski definition) is 5. The van der Waals surface area contributed by atoms with Crippen LogP contribution in [0, 0.1) is 0 Å². The number of ether oxygens (including phenoxy) is 1. The minimum Gasteiger partial charge on any atom is -0.497 e.